The number of halogens is 1. The highest BCUT2D eigenvalue weighted by atomic mass is 35.5. The van der Waals surface area contributed by atoms with Crippen LogP contribution in [-0.2, 0) is 10.0 Å². The monoisotopic (exact) mass is 522 g/mol. The Morgan fingerprint density at radius 3 is 2.85 bits per heavy atom. The zero-order chi connectivity index (χ0) is 24.1. The van der Waals surface area contributed by atoms with Crippen LogP contribution in [-0.4, -0.2) is 50.5 Å². The molecule has 2 aromatic heterocycles. The molecule has 1 atom stereocenters. The predicted molar refractivity (Wildman–Crippen MR) is 133 cm³/mol. The lowest BCUT2D eigenvalue weighted by atomic mass is 10.1. The Balaban J connectivity index is 1.28. The SMILES string of the molecule is COc1n[nH]c2cc(OCCNCC(O)c3ccc(Cl)c(NS(=O)(=O)c4ccsc4)c3)ccc12. The first-order valence-electron chi connectivity index (χ1n) is 10.3. The molecule has 0 aliphatic rings. The molecule has 0 bridgehead atoms. The maximum atomic E-state index is 12.5. The van der Waals surface area contributed by atoms with Crippen LogP contribution < -0.4 is 19.5 Å². The van der Waals surface area contributed by atoms with Crippen LogP contribution in [0, 0.1) is 0 Å². The van der Waals surface area contributed by atoms with Gasteiger partial charge in [0.25, 0.3) is 10.0 Å². The molecule has 0 saturated heterocycles. The minimum atomic E-state index is -3.75. The summed E-state index contributed by atoms with van der Waals surface area (Å²) in [5.41, 5.74) is 1.55. The van der Waals surface area contributed by atoms with E-state index in [4.69, 9.17) is 21.1 Å². The number of anilines is 1. The molecule has 0 spiro atoms. The smallest absolute Gasteiger partial charge is 0.262 e. The first-order valence-corrected chi connectivity index (χ1v) is 13.1. The second kappa shape index (κ2) is 10.6. The largest absolute Gasteiger partial charge is 0.492 e. The number of rotatable bonds is 11. The van der Waals surface area contributed by atoms with Gasteiger partial charge in [-0.05, 0) is 41.3 Å². The number of ether oxygens (including phenoxy) is 2. The lowest BCUT2D eigenvalue weighted by Crippen LogP contribution is -2.26. The van der Waals surface area contributed by atoms with Crippen molar-refractivity contribution in [2.24, 2.45) is 0 Å². The highest BCUT2D eigenvalue weighted by molar-refractivity contribution is 7.92. The first-order chi connectivity index (χ1) is 16.4. The van der Waals surface area contributed by atoms with Gasteiger partial charge in [0.05, 0.1) is 39.7 Å². The van der Waals surface area contributed by atoms with Gasteiger partial charge in [0, 0.05) is 24.5 Å². The highest BCUT2D eigenvalue weighted by Gasteiger charge is 2.18. The van der Waals surface area contributed by atoms with Crippen molar-refractivity contribution in [1.82, 2.24) is 15.5 Å². The quantitative estimate of drug-likeness (QED) is 0.221. The molecule has 1 unspecified atom stereocenters. The molecular weight excluding hydrogens is 500 g/mol. The van der Waals surface area contributed by atoms with Gasteiger partial charge in [-0.25, -0.2) is 8.42 Å². The molecule has 4 aromatic rings. The molecule has 4 N–H and O–H groups in total. The molecule has 0 fully saturated rings. The number of thiophene rings is 1. The number of H-pyrrole nitrogens is 1. The van der Waals surface area contributed by atoms with Crippen LogP contribution in [0.3, 0.4) is 0 Å². The molecule has 0 saturated carbocycles. The van der Waals surface area contributed by atoms with Gasteiger partial charge in [-0.2, -0.15) is 11.3 Å². The summed E-state index contributed by atoms with van der Waals surface area (Å²) in [5, 5.41) is 24.9. The highest BCUT2D eigenvalue weighted by Crippen LogP contribution is 2.29. The lowest BCUT2D eigenvalue weighted by molar-refractivity contribution is 0.172. The number of nitrogens with one attached hydrogen (secondary N) is 3. The summed E-state index contributed by atoms with van der Waals surface area (Å²) in [6.45, 7) is 1.13. The Hall–Kier alpha value is -2.83. The molecule has 12 heteroatoms. The van der Waals surface area contributed by atoms with Gasteiger partial charge in [-0.15, -0.1) is 5.10 Å². The molecule has 2 heterocycles. The second-order valence-corrected chi connectivity index (χ2v) is 10.2. The number of aliphatic hydroxyl groups is 1. The van der Waals surface area contributed by atoms with Crippen molar-refractivity contribution < 1.29 is 23.0 Å². The maximum absolute atomic E-state index is 12.5. The molecule has 0 amide bonds. The normalized spacial score (nSPS) is 12.6. The van der Waals surface area contributed by atoms with Crippen molar-refractivity contribution in [3.8, 4) is 11.6 Å². The molecule has 180 valence electrons. The summed E-state index contributed by atoms with van der Waals surface area (Å²) >= 11 is 7.45. The summed E-state index contributed by atoms with van der Waals surface area (Å²) < 4.78 is 38.4. The fraction of sp³-hybridized carbons (Fsp3) is 0.227. The van der Waals surface area contributed by atoms with E-state index in [0.29, 0.717) is 30.3 Å². The Kier molecular flexibility index (Phi) is 7.59. The zero-order valence-electron chi connectivity index (χ0n) is 18.1. The van der Waals surface area contributed by atoms with Crippen LogP contribution in [0.1, 0.15) is 11.7 Å². The van der Waals surface area contributed by atoms with E-state index in [9.17, 15) is 13.5 Å². The van der Waals surface area contributed by atoms with Gasteiger partial charge >= 0.3 is 0 Å². The molecule has 4 rings (SSSR count). The Bertz CT molecular complexity index is 1360. The standard InChI is InChI=1S/C22H23ClN4O5S2/c1-31-22-17-4-3-15(11-19(17)25-26-22)32-8-7-24-12-21(28)14-2-5-18(23)20(10-14)27-34(29,30)16-6-9-33-13-16/h2-6,9-11,13,21,24,27-28H,7-8,12H2,1H3,(H,25,26). The van der Waals surface area contributed by atoms with Gasteiger partial charge in [-0.3, -0.25) is 9.82 Å². The molecule has 34 heavy (non-hydrogen) atoms. The number of hydrogen-bond donors (Lipinski definition) is 4. The van der Waals surface area contributed by atoms with Gasteiger partial charge in [0.15, 0.2) is 0 Å². The molecule has 0 aliphatic carbocycles. The summed E-state index contributed by atoms with van der Waals surface area (Å²) in [6, 6.07) is 11.8. The number of aromatic nitrogens is 2. The van der Waals surface area contributed by atoms with Crippen molar-refractivity contribution in [1.29, 1.82) is 0 Å². The van der Waals surface area contributed by atoms with Crippen LogP contribution in [0.4, 0.5) is 5.69 Å². The van der Waals surface area contributed by atoms with E-state index in [1.165, 1.54) is 28.8 Å². The Labute approximate surface area is 205 Å². The predicted octanol–water partition coefficient (Wildman–Crippen LogP) is 3.79. The molecule has 0 radical (unpaired) electrons. The number of fused-ring (bicyclic) bond motifs is 1. The van der Waals surface area contributed by atoms with Gasteiger partial charge in [0.1, 0.15) is 12.4 Å². The number of sulfonamides is 1. The molecule has 9 nitrogen and oxygen atoms in total. The van der Waals surface area contributed by atoms with Gasteiger partial charge in [0.2, 0.25) is 5.88 Å². The van der Waals surface area contributed by atoms with E-state index < -0.39 is 16.1 Å². The van der Waals surface area contributed by atoms with Gasteiger partial charge in [-0.1, -0.05) is 17.7 Å². The van der Waals surface area contributed by atoms with Crippen molar-refractivity contribution >= 4 is 49.6 Å². The summed E-state index contributed by atoms with van der Waals surface area (Å²) in [7, 11) is -2.19. The van der Waals surface area contributed by atoms with E-state index >= 15 is 0 Å². The minimum Gasteiger partial charge on any atom is -0.492 e. The van der Waals surface area contributed by atoms with Crippen LogP contribution in [0.15, 0.2) is 58.1 Å². The van der Waals surface area contributed by atoms with Gasteiger partial charge < -0.3 is 19.9 Å². The zero-order valence-corrected chi connectivity index (χ0v) is 20.5. The number of hydrogen-bond acceptors (Lipinski definition) is 8. The summed E-state index contributed by atoms with van der Waals surface area (Å²) in [5.74, 6) is 1.21. The fourth-order valence-corrected chi connectivity index (χ4v) is 5.57. The Morgan fingerprint density at radius 2 is 2.09 bits per heavy atom. The Morgan fingerprint density at radius 1 is 1.24 bits per heavy atom. The average molecular weight is 523 g/mol. The van der Waals surface area contributed by atoms with Crippen molar-refractivity contribution in [2.75, 3.05) is 31.5 Å². The third kappa shape index (κ3) is 5.62. The minimum absolute atomic E-state index is 0.159. The summed E-state index contributed by atoms with van der Waals surface area (Å²) in [4.78, 5) is 0.159. The summed E-state index contributed by atoms with van der Waals surface area (Å²) in [6.07, 6.45) is -0.865. The van der Waals surface area contributed by atoms with Crippen molar-refractivity contribution in [3.63, 3.8) is 0 Å². The van der Waals surface area contributed by atoms with Crippen LogP contribution in [0.2, 0.25) is 5.02 Å². The van der Waals surface area contributed by atoms with Crippen LogP contribution in [0.25, 0.3) is 10.9 Å². The van der Waals surface area contributed by atoms with E-state index in [2.05, 4.69) is 20.2 Å². The van der Waals surface area contributed by atoms with Crippen LogP contribution >= 0.6 is 22.9 Å². The van der Waals surface area contributed by atoms with E-state index in [1.807, 2.05) is 18.2 Å². The first kappa shape index (κ1) is 24.3. The van der Waals surface area contributed by atoms with Crippen molar-refractivity contribution in [2.45, 2.75) is 11.0 Å². The number of aliphatic hydroxyl groups excluding tert-OH is 1. The van der Waals surface area contributed by atoms with Crippen LogP contribution in [0.5, 0.6) is 11.6 Å². The van der Waals surface area contributed by atoms with E-state index in [-0.39, 0.29) is 22.2 Å². The third-order valence-electron chi connectivity index (χ3n) is 5.00. The molecule has 2 aromatic carbocycles. The topological polar surface area (TPSA) is 126 Å². The number of benzene rings is 2. The second-order valence-electron chi connectivity index (χ2n) is 7.31. The van der Waals surface area contributed by atoms with E-state index in [1.54, 1.807) is 24.6 Å². The number of methoxy groups -OCH3 is 1. The number of aromatic amines is 1. The maximum Gasteiger partial charge on any atom is 0.262 e. The lowest BCUT2D eigenvalue weighted by Gasteiger charge is -2.15. The third-order valence-corrected chi connectivity index (χ3v) is 7.53. The van der Waals surface area contributed by atoms with Crippen molar-refractivity contribution in [3.05, 3.63) is 63.8 Å². The fourth-order valence-electron chi connectivity index (χ4n) is 3.25. The average Bonchev–Trinajstić information content (AvgIpc) is 3.50. The molecular formula is C22H23ClN4O5S2. The van der Waals surface area contributed by atoms with E-state index in [0.717, 1.165) is 10.9 Å². The number of nitrogens with zero attached hydrogens (tertiary/aromatic N) is 1. The molecule has 0 aliphatic heterocycles.